The van der Waals surface area contributed by atoms with Crippen molar-refractivity contribution < 1.29 is 14.6 Å². The van der Waals surface area contributed by atoms with Crippen molar-refractivity contribution in [2.24, 2.45) is 0 Å². The van der Waals surface area contributed by atoms with Crippen molar-refractivity contribution in [2.75, 3.05) is 6.61 Å². The van der Waals surface area contributed by atoms with Crippen molar-refractivity contribution in [3.05, 3.63) is 42.4 Å². The molecular weight excluding hydrogens is 296 g/mol. The van der Waals surface area contributed by atoms with E-state index in [1.54, 1.807) is 4.57 Å². The van der Waals surface area contributed by atoms with Gasteiger partial charge >= 0.3 is 5.97 Å². The summed E-state index contributed by atoms with van der Waals surface area (Å²) in [5, 5.41) is 9.47. The number of carboxylic acids is 1. The van der Waals surface area contributed by atoms with Crippen molar-refractivity contribution in [1.29, 1.82) is 0 Å². The van der Waals surface area contributed by atoms with Crippen LogP contribution in [0.5, 0.6) is 0 Å². The first-order chi connectivity index (χ1) is 10.4. The van der Waals surface area contributed by atoms with E-state index in [0.29, 0.717) is 12.3 Å². The molecule has 1 aromatic carbocycles. The lowest BCUT2D eigenvalue weighted by atomic mass is 10.1. The van der Waals surface area contributed by atoms with E-state index in [4.69, 9.17) is 4.74 Å². The second-order valence-electron chi connectivity index (χ2n) is 6.43. The number of carboxylic acid groups (broad SMARTS) is 1. The first-order valence-electron chi connectivity index (χ1n) is 7.30. The highest BCUT2D eigenvalue weighted by Crippen LogP contribution is 2.22. The van der Waals surface area contributed by atoms with Gasteiger partial charge in [-0.25, -0.2) is 9.78 Å². The number of benzene rings is 1. The minimum atomic E-state index is -1.14. The van der Waals surface area contributed by atoms with Crippen molar-refractivity contribution in [3.63, 3.8) is 0 Å². The quantitative estimate of drug-likeness (QED) is 0.626. The number of ether oxygens (including phenoxy) is 1. The number of aromatic nitrogens is 2. The molecule has 0 bridgehead atoms. The van der Waals surface area contributed by atoms with Crippen LogP contribution in [0.2, 0.25) is 25.7 Å². The Morgan fingerprint density at radius 3 is 2.55 bits per heavy atom. The van der Waals surface area contributed by atoms with Crippen LogP contribution in [0.1, 0.15) is 10.5 Å². The first-order valence-corrected chi connectivity index (χ1v) is 11.0. The number of carbonyl (C=O) groups is 1. The summed E-state index contributed by atoms with van der Waals surface area (Å²) >= 11 is 0. The molecule has 2 rings (SSSR count). The van der Waals surface area contributed by atoms with Gasteiger partial charge in [0.05, 0.1) is 6.33 Å². The van der Waals surface area contributed by atoms with Crippen LogP contribution in [-0.2, 0) is 11.5 Å². The Bertz CT molecular complexity index is 633. The van der Waals surface area contributed by atoms with E-state index < -0.39 is 14.0 Å². The van der Waals surface area contributed by atoms with Gasteiger partial charge in [0.1, 0.15) is 12.4 Å². The third kappa shape index (κ3) is 4.28. The summed E-state index contributed by atoms with van der Waals surface area (Å²) in [5.41, 5.74) is 1.43. The van der Waals surface area contributed by atoms with E-state index in [0.717, 1.165) is 11.6 Å². The zero-order chi connectivity index (χ0) is 16.2. The van der Waals surface area contributed by atoms with Crippen LogP contribution < -0.4 is 0 Å². The van der Waals surface area contributed by atoms with Gasteiger partial charge < -0.3 is 14.4 Å². The van der Waals surface area contributed by atoms with Crippen LogP contribution in [0.3, 0.4) is 0 Å². The minimum absolute atomic E-state index is 0.166. The fraction of sp³-hybridized carbons (Fsp3) is 0.375. The lowest BCUT2D eigenvalue weighted by Crippen LogP contribution is -2.22. The molecule has 1 aromatic heterocycles. The Labute approximate surface area is 131 Å². The summed E-state index contributed by atoms with van der Waals surface area (Å²) in [6.45, 7) is 7.71. The highest BCUT2D eigenvalue weighted by Gasteiger charge is 2.19. The number of hydrogen-bond donors (Lipinski definition) is 1. The minimum Gasteiger partial charge on any atom is -0.477 e. The van der Waals surface area contributed by atoms with E-state index in [9.17, 15) is 9.90 Å². The molecule has 6 heteroatoms. The molecule has 5 nitrogen and oxygen atoms in total. The van der Waals surface area contributed by atoms with Gasteiger partial charge in [0.2, 0.25) is 0 Å². The van der Waals surface area contributed by atoms with Gasteiger partial charge in [-0.3, -0.25) is 0 Å². The van der Waals surface area contributed by atoms with Crippen LogP contribution in [0, 0.1) is 0 Å². The van der Waals surface area contributed by atoms with Crippen molar-refractivity contribution in [2.45, 2.75) is 32.4 Å². The summed E-state index contributed by atoms with van der Waals surface area (Å²) in [7, 11) is -1.14. The van der Waals surface area contributed by atoms with E-state index in [1.807, 2.05) is 30.3 Å². The Morgan fingerprint density at radius 2 is 1.95 bits per heavy atom. The molecule has 0 radical (unpaired) electrons. The molecule has 0 fully saturated rings. The molecule has 0 saturated carbocycles. The lowest BCUT2D eigenvalue weighted by molar-refractivity contribution is 0.0624. The first kappa shape index (κ1) is 16.4. The lowest BCUT2D eigenvalue weighted by Gasteiger charge is -2.15. The molecule has 118 valence electrons. The molecule has 0 amide bonds. The maximum atomic E-state index is 11.6. The molecule has 1 heterocycles. The SMILES string of the molecule is C[Si](C)(C)CCOCn1cnc(-c2ccccc2)c1C(=O)O. The number of rotatable bonds is 7. The Morgan fingerprint density at radius 1 is 1.27 bits per heavy atom. The molecule has 2 aromatic rings. The molecule has 22 heavy (non-hydrogen) atoms. The second-order valence-corrected chi connectivity index (χ2v) is 12.1. The topological polar surface area (TPSA) is 64.4 Å². The van der Waals surface area contributed by atoms with Crippen LogP contribution in [0.25, 0.3) is 11.3 Å². The van der Waals surface area contributed by atoms with Gasteiger partial charge in [-0.1, -0.05) is 50.0 Å². The highest BCUT2D eigenvalue weighted by atomic mass is 28.3. The second kappa shape index (κ2) is 6.89. The summed E-state index contributed by atoms with van der Waals surface area (Å²) < 4.78 is 7.18. The summed E-state index contributed by atoms with van der Waals surface area (Å²) in [6.07, 6.45) is 1.53. The van der Waals surface area contributed by atoms with Gasteiger partial charge in [-0.05, 0) is 6.04 Å². The van der Waals surface area contributed by atoms with E-state index >= 15 is 0 Å². The summed E-state index contributed by atoms with van der Waals surface area (Å²) in [6, 6.07) is 10.4. The Kier molecular flexibility index (Phi) is 5.15. The number of aromatic carboxylic acids is 1. The van der Waals surface area contributed by atoms with Crippen molar-refractivity contribution in [1.82, 2.24) is 9.55 Å². The monoisotopic (exact) mass is 318 g/mol. The molecule has 0 aliphatic carbocycles. The van der Waals surface area contributed by atoms with Gasteiger partial charge in [-0.15, -0.1) is 0 Å². The summed E-state index contributed by atoms with van der Waals surface area (Å²) in [4.78, 5) is 15.8. The number of hydrogen-bond acceptors (Lipinski definition) is 3. The normalized spacial score (nSPS) is 11.6. The van der Waals surface area contributed by atoms with Gasteiger partial charge in [0.15, 0.2) is 5.69 Å². The fourth-order valence-electron chi connectivity index (χ4n) is 2.05. The van der Waals surface area contributed by atoms with Gasteiger partial charge in [0.25, 0.3) is 0 Å². The summed E-state index contributed by atoms with van der Waals surface area (Å²) in [5.74, 6) is -0.995. The van der Waals surface area contributed by atoms with Gasteiger partial charge in [0, 0.05) is 20.2 Å². The van der Waals surface area contributed by atoms with Crippen LogP contribution >= 0.6 is 0 Å². The fourth-order valence-corrected chi connectivity index (χ4v) is 2.81. The third-order valence-corrected chi connectivity index (χ3v) is 5.02. The zero-order valence-electron chi connectivity index (χ0n) is 13.2. The predicted molar refractivity (Wildman–Crippen MR) is 88.7 cm³/mol. The van der Waals surface area contributed by atoms with E-state index in [-0.39, 0.29) is 12.4 Å². The van der Waals surface area contributed by atoms with Crippen LogP contribution in [0.15, 0.2) is 36.7 Å². The molecule has 0 aliphatic rings. The molecule has 0 atom stereocenters. The number of imidazole rings is 1. The van der Waals surface area contributed by atoms with E-state index in [2.05, 4.69) is 24.6 Å². The average Bonchev–Trinajstić information content (AvgIpc) is 2.87. The molecule has 0 saturated heterocycles. The third-order valence-electron chi connectivity index (χ3n) is 3.31. The smallest absolute Gasteiger partial charge is 0.354 e. The molecular formula is C16H22N2O3Si. The van der Waals surface area contributed by atoms with E-state index in [1.165, 1.54) is 6.33 Å². The Hall–Kier alpha value is -1.92. The maximum Gasteiger partial charge on any atom is 0.354 e. The predicted octanol–water partition coefficient (Wildman–Crippen LogP) is 3.56. The van der Waals surface area contributed by atoms with Gasteiger partial charge in [-0.2, -0.15) is 0 Å². The Balaban J connectivity index is 2.13. The molecule has 0 aliphatic heterocycles. The number of nitrogens with zero attached hydrogens (tertiary/aromatic N) is 2. The van der Waals surface area contributed by atoms with Crippen LogP contribution in [-0.4, -0.2) is 35.3 Å². The van der Waals surface area contributed by atoms with Crippen LogP contribution in [0.4, 0.5) is 0 Å². The standard InChI is InChI=1S/C16H22N2O3Si/c1-22(2,3)10-9-21-12-18-11-17-14(15(18)16(19)20)13-7-5-4-6-8-13/h4-8,11H,9-10,12H2,1-3H3,(H,19,20). The average molecular weight is 318 g/mol. The molecule has 0 spiro atoms. The molecule has 1 N–H and O–H groups in total. The highest BCUT2D eigenvalue weighted by molar-refractivity contribution is 6.76. The maximum absolute atomic E-state index is 11.6. The largest absolute Gasteiger partial charge is 0.477 e. The van der Waals surface area contributed by atoms with Crippen molar-refractivity contribution >= 4 is 14.0 Å². The van der Waals surface area contributed by atoms with Crippen molar-refractivity contribution in [3.8, 4) is 11.3 Å². The zero-order valence-corrected chi connectivity index (χ0v) is 14.2. The molecule has 0 unspecified atom stereocenters.